The van der Waals surface area contributed by atoms with Gasteiger partial charge in [0, 0.05) is 5.39 Å². The highest BCUT2D eigenvalue weighted by Gasteiger charge is 2.21. The average molecular weight is 385 g/mol. The molecule has 2 heterocycles. The second-order valence-electron chi connectivity index (χ2n) is 6.96. The lowest BCUT2D eigenvalue weighted by atomic mass is 9.96. The van der Waals surface area contributed by atoms with Crippen LogP contribution < -0.4 is 5.32 Å². The molecule has 0 bridgehead atoms. The van der Waals surface area contributed by atoms with Gasteiger partial charge in [-0.2, -0.15) is 0 Å². The van der Waals surface area contributed by atoms with Crippen LogP contribution in [0.25, 0.3) is 11.0 Å². The van der Waals surface area contributed by atoms with Gasteiger partial charge in [-0.05, 0) is 42.3 Å². The molecule has 1 saturated carbocycles. The van der Waals surface area contributed by atoms with E-state index < -0.39 is 0 Å². The minimum atomic E-state index is -0.195. The highest BCUT2D eigenvalue weighted by Crippen LogP contribution is 2.30. The second kappa shape index (κ2) is 8.12. The topological polar surface area (TPSA) is 85.8 Å². The largest absolute Gasteiger partial charge is 0.459 e. The van der Waals surface area contributed by atoms with E-state index in [-0.39, 0.29) is 17.7 Å². The van der Waals surface area contributed by atoms with Crippen LogP contribution in [0, 0.1) is 0 Å². The molecule has 7 nitrogen and oxygen atoms in total. The summed E-state index contributed by atoms with van der Waals surface area (Å²) in [5.74, 6) is 0.963. The quantitative estimate of drug-likeness (QED) is 0.648. The Bertz CT molecular complexity index is 883. The zero-order valence-electron chi connectivity index (χ0n) is 15.3. The van der Waals surface area contributed by atoms with E-state index in [2.05, 4.69) is 20.8 Å². The maximum Gasteiger partial charge on any atom is 0.231 e. The lowest BCUT2D eigenvalue weighted by Gasteiger charge is -2.22. The maximum absolute atomic E-state index is 12.4. The van der Waals surface area contributed by atoms with E-state index in [0.29, 0.717) is 11.2 Å². The summed E-state index contributed by atoms with van der Waals surface area (Å²) in [6.07, 6.45) is 5.92. The Balaban J connectivity index is 1.34. The van der Waals surface area contributed by atoms with E-state index in [4.69, 9.17) is 4.42 Å². The van der Waals surface area contributed by atoms with Crippen LogP contribution in [0.1, 0.15) is 56.9 Å². The van der Waals surface area contributed by atoms with Crippen LogP contribution >= 0.6 is 11.8 Å². The molecule has 0 saturated heterocycles. The van der Waals surface area contributed by atoms with Crippen LogP contribution in [0.5, 0.6) is 0 Å². The van der Waals surface area contributed by atoms with E-state index in [0.717, 1.165) is 29.6 Å². The number of fused-ring (bicyclic) bond motifs is 1. The monoisotopic (exact) mass is 385 g/mol. The van der Waals surface area contributed by atoms with Gasteiger partial charge < -0.3 is 9.73 Å². The molecule has 1 atom stereocenters. The summed E-state index contributed by atoms with van der Waals surface area (Å²) in [5, 5.41) is 16.8. The molecular formula is C19H23N5O2S. The first-order valence-corrected chi connectivity index (χ1v) is 10.4. The summed E-state index contributed by atoms with van der Waals surface area (Å²) in [6.45, 7) is 1.92. The van der Waals surface area contributed by atoms with E-state index in [1.807, 2.05) is 41.9 Å². The van der Waals surface area contributed by atoms with Crippen molar-refractivity contribution in [3.63, 3.8) is 0 Å². The van der Waals surface area contributed by atoms with Crippen molar-refractivity contribution >= 4 is 28.6 Å². The van der Waals surface area contributed by atoms with Gasteiger partial charge >= 0.3 is 0 Å². The zero-order chi connectivity index (χ0) is 18.6. The number of hydrogen-bond donors (Lipinski definition) is 1. The number of para-hydroxylation sites is 1. The third-order valence-electron chi connectivity index (χ3n) is 4.96. The van der Waals surface area contributed by atoms with Crippen molar-refractivity contribution in [3.8, 4) is 0 Å². The summed E-state index contributed by atoms with van der Waals surface area (Å²) in [7, 11) is 0. The van der Waals surface area contributed by atoms with Gasteiger partial charge in [-0.25, -0.2) is 4.68 Å². The van der Waals surface area contributed by atoms with Crippen LogP contribution in [0.4, 0.5) is 0 Å². The Morgan fingerprint density at radius 2 is 2.15 bits per heavy atom. The molecule has 1 aliphatic carbocycles. The van der Waals surface area contributed by atoms with Crippen molar-refractivity contribution in [2.45, 2.75) is 56.3 Å². The molecule has 1 N–H and O–H groups in total. The normalized spacial score (nSPS) is 16.5. The number of rotatable bonds is 6. The second-order valence-corrected chi connectivity index (χ2v) is 7.90. The molecule has 8 heteroatoms. The molecule has 27 heavy (non-hydrogen) atoms. The number of benzene rings is 1. The third kappa shape index (κ3) is 4.16. The van der Waals surface area contributed by atoms with Crippen molar-refractivity contribution in [1.29, 1.82) is 0 Å². The van der Waals surface area contributed by atoms with Gasteiger partial charge in [-0.1, -0.05) is 49.2 Å². The van der Waals surface area contributed by atoms with E-state index in [1.165, 1.54) is 31.0 Å². The van der Waals surface area contributed by atoms with Crippen LogP contribution in [0.15, 0.2) is 39.9 Å². The zero-order valence-corrected chi connectivity index (χ0v) is 16.1. The molecular weight excluding hydrogens is 362 g/mol. The van der Waals surface area contributed by atoms with Gasteiger partial charge in [0.25, 0.3) is 0 Å². The van der Waals surface area contributed by atoms with Gasteiger partial charge in [0.15, 0.2) is 0 Å². The number of carbonyl (C=O) groups is 1. The summed E-state index contributed by atoms with van der Waals surface area (Å²) in [4.78, 5) is 12.4. The SMILES string of the molecule is C[C@@H](NC(=O)CSc1nnnn1C1CCCCC1)c1cc2ccccc2o1. The summed E-state index contributed by atoms with van der Waals surface area (Å²) in [6, 6.07) is 9.96. The Hall–Kier alpha value is -2.35. The average Bonchev–Trinajstić information content (AvgIpc) is 3.34. The van der Waals surface area contributed by atoms with Crippen LogP contribution in [-0.2, 0) is 4.79 Å². The fraction of sp³-hybridized carbons (Fsp3) is 0.474. The maximum atomic E-state index is 12.4. The van der Waals surface area contributed by atoms with E-state index in [9.17, 15) is 4.79 Å². The predicted molar refractivity (Wildman–Crippen MR) is 103 cm³/mol. The van der Waals surface area contributed by atoms with Gasteiger partial charge in [0.2, 0.25) is 11.1 Å². The number of furan rings is 1. The molecule has 1 fully saturated rings. The lowest BCUT2D eigenvalue weighted by Crippen LogP contribution is -2.28. The predicted octanol–water partition coefficient (Wildman–Crippen LogP) is 3.89. The highest BCUT2D eigenvalue weighted by molar-refractivity contribution is 7.99. The number of nitrogens with one attached hydrogen (secondary N) is 1. The number of thioether (sulfide) groups is 1. The number of aromatic nitrogens is 4. The van der Waals surface area contributed by atoms with Crippen molar-refractivity contribution in [2.75, 3.05) is 5.75 Å². The van der Waals surface area contributed by atoms with Crippen molar-refractivity contribution < 1.29 is 9.21 Å². The van der Waals surface area contributed by atoms with Gasteiger partial charge in [0.05, 0.1) is 17.8 Å². The molecule has 0 radical (unpaired) electrons. The van der Waals surface area contributed by atoms with Crippen LogP contribution in [-0.4, -0.2) is 31.9 Å². The molecule has 0 unspecified atom stereocenters. The highest BCUT2D eigenvalue weighted by atomic mass is 32.2. The van der Waals surface area contributed by atoms with E-state index >= 15 is 0 Å². The Kier molecular flexibility index (Phi) is 5.42. The van der Waals surface area contributed by atoms with E-state index in [1.54, 1.807) is 0 Å². The molecule has 1 aromatic carbocycles. The Morgan fingerprint density at radius 1 is 1.33 bits per heavy atom. The van der Waals surface area contributed by atoms with Gasteiger partial charge in [-0.15, -0.1) is 5.10 Å². The standard InChI is InChI=1S/C19H23N5O2S/c1-13(17-11-14-7-5-6-10-16(14)26-17)20-18(25)12-27-19-21-22-23-24(19)15-8-3-2-4-9-15/h5-7,10-11,13,15H,2-4,8-9,12H2,1H3,(H,20,25)/t13-/m1/s1. The first-order chi connectivity index (χ1) is 13.2. The minimum absolute atomic E-state index is 0.0637. The first-order valence-electron chi connectivity index (χ1n) is 9.39. The molecule has 142 valence electrons. The summed E-state index contributed by atoms with van der Waals surface area (Å²) in [5.41, 5.74) is 0.828. The van der Waals surface area contributed by atoms with Crippen molar-refractivity contribution in [1.82, 2.24) is 25.5 Å². The smallest absolute Gasteiger partial charge is 0.231 e. The van der Waals surface area contributed by atoms with Crippen molar-refractivity contribution in [2.24, 2.45) is 0 Å². The third-order valence-corrected chi connectivity index (χ3v) is 5.90. The van der Waals surface area contributed by atoms with Gasteiger partial charge in [0.1, 0.15) is 11.3 Å². The number of tetrazole rings is 1. The van der Waals surface area contributed by atoms with Gasteiger partial charge in [-0.3, -0.25) is 4.79 Å². The fourth-order valence-electron chi connectivity index (χ4n) is 3.54. The first kappa shape index (κ1) is 18.0. The number of amides is 1. The van der Waals surface area contributed by atoms with Crippen LogP contribution in [0.3, 0.4) is 0 Å². The molecule has 2 aromatic heterocycles. The molecule has 3 aromatic rings. The number of hydrogen-bond acceptors (Lipinski definition) is 6. The fourth-order valence-corrected chi connectivity index (χ4v) is 4.29. The molecule has 0 spiro atoms. The van der Waals surface area contributed by atoms with Crippen LogP contribution in [0.2, 0.25) is 0 Å². The molecule has 1 amide bonds. The van der Waals surface area contributed by atoms with Crippen molar-refractivity contribution in [3.05, 3.63) is 36.1 Å². The summed E-state index contributed by atoms with van der Waals surface area (Å²) < 4.78 is 7.71. The Morgan fingerprint density at radius 3 is 2.96 bits per heavy atom. The lowest BCUT2D eigenvalue weighted by molar-refractivity contribution is -0.119. The molecule has 1 aliphatic rings. The Labute approximate surface area is 161 Å². The number of carbonyl (C=O) groups excluding carboxylic acids is 1. The minimum Gasteiger partial charge on any atom is -0.459 e. The molecule has 4 rings (SSSR count). The molecule has 0 aliphatic heterocycles. The summed E-state index contributed by atoms with van der Waals surface area (Å²) >= 11 is 1.38. The number of nitrogens with zero attached hydrogens (tertiary/aromatic N) is 4.